The molecule has 0 saturated carbocycles. The van der Waals surface area contributed by atoms with E-state index in [1.165, 1.54) is 18.0 Å². The van der Waals surface area contributed by atoms with Gasteiger partial charge >= 0.3 is 0 Å². The lowest BCUT2D eigenvalue weighted by atomic mass is 10.1. The molecule has 0 aromatic carbocycles. The van der Waals surface area contributed by atoms with Crippen LogP contribution in [-0.4, -0.2) is 27.1 Å². The molecule has 2 aromatic rings. The second kappa shape index (κ2) is 5.01. The van der Waals surface area contributed by atoms with Gasteiger partial charge in [-0.2, -0.15) is 0 Å². The van der Waals surface area contributed by atoms with Gasteiger partial charge in [0.15, 0.2) is 5.16 Å². The number of thioether (sulfide) groups is 1. The molecular formula is C11H10N5OS. The molecule has 0 bridgehead atoms. The smallest absolute Gasteiger partial charge is 0.267 e. The number of nitrogens with zero attached hydrogens (tertiary/aromatic N) is 3. The van der Waals surface area contributed by atoms with E-state index in [1.807, 2.05) is 6.26 Å². The molecule has 7 heteroatoms. The predicted molar refractivity (Wildman–Crippen MR) is 68.8 cm³/mol. The molecular weight excluding hydrogens is 250 g/mol. The Balaban J connectivity index is 2.51. The van der Waals surface area contributed by atoms with Crippen LogP contribution in [0.5, 0.6) is 0 Å². The van der Waals surface area contributed by atoms with Gasteiger partial charge in [0, 0.05) is 23.9 Å². The van der Waals surface area contributed by atoms with E-state index in [2.05, 4.69) is 21.0 Å². The summed E-state index contributed by atoms with van der Waals surface area (Å²) in [4.78, 5) is 23.2. The van der Waals surface area contributed by atoms with E-state index in [1.54, 1.807) is 12.1 Å². The minimum absolute atomic E-state index is 0.0652. The van der Waals surface area contributed by atoms with Gasteiger partial charge in [0.25, 0.3) is 5.91 Å². The van der Waals surface area contributed by atoms with Gasteiger partial charge in [-0.15, -0.1) is 0 Å². The fourth-order valence-corrected chi connectivity index (χ4v) is 1.72. The average molecular weight is 260 g/mol. The van der Waals surface area contributed by atoms with Crippen molar-refractivity contribution in [2.75, 3.05) is 12.0 Å². The topological polar surface area (TPSA) is 108 Å². The van der Waals surface area contributed by atoms with Crippen molar-refractivity contribution in [1.82, 2.24) is 15.0 Å². The Morgan fingerprint density at radius 3 is 2.89 bits per heavy atom. The van der Waals surface area contributed by atoms with Crippen LogP contribution in [0, 0.1) is 6.07 Å². The molecule has 2 heterocycles. The van der Waals surface area contributed by atoms with Crippen molar-refractivity contribution in [3.63, 3.8) is 0 Å². The number of pyridine rings is 1. The molecule has 1 radical (unpaired) electrons. The first-order valence-corrected chi connectivity index (χ1v) is 6.19. The normalized spacial score (nSPS) is 10.3. The SMILES string of the molecule is CSc1nc(N)cc(-c2[c]c(C(N)=O)ncc2)n1. The number of carbonyl (C=O) groups excluding carboxylic acids is 1. The zero-order valence-electron chi connectivity index (χ0n) is 9.54. The highest BCUT2D eigenvalue weighted by Crippen LogP contribution is 2.21. The number of hydrogen-bond acceptors (Lipinski definition) is 6. The number of anilines is 1. The van der Waals surface area contributed by atoms with Crippen LogP contribution in [0.3, 0.4) is 0 Å². The zero-order valence-corrected chi connectivity index (χ0v) is 10.4. The van der Waals surface area contributed by atoms with Crippen molar-refractivity contribution in [2.45, 2.75) is 5.16 Å². The molecule has 2 rings (SSSR count). The summed E-state index contributed by atoms with van der Waals surface area (Å²) in [5, 5.41) is 0.552. The van der Waals surface area contributed by atoms with E-state index in [0.29, 0.717) is 22.2 Å². The van der Waals surface area contributed by atoms with Gasteiger partial charge in [-0.1, -0.05) is 11.8 Å². The van der Waals surface area contributed by atoms with Crippen LogP contribution in [-0.2, 0) is 0 Å². The average Bonchev–Trinajstić information content (AvgIpc) is 2.38. The summed E-state index contributed by atoms with van der Waals surface area (Å²) in [7, 11) is 0. The van der Waals surface area contributed by atoms with E-state index in [9.17, 15) is 4.79 Å². The van der Waals surface area contributed by atoms with Gasteiger partial charge in [0.1, 0.15) is 11.5 Å². The van der Waals surface area contributed by atoms with E-state index < -0.39 is 5.91 Å². The van der Waals surface area contributed by atoms with Crippen LogP contribution in [0.15, 0.2) is 23.5 Å². The molecule has 91 valence electrons. The molecule has 18 heavy (non-hydrogen) atoms. The number of hydrogen-bond donors (Lipinski definition) is 2. The monoisotopic (exact) mass is 260 g/mol. The Labute approximate surface area is 108 Å². The molecule has 0 aliphatic rings. The van der Waals surface area contributed by atoms with Crippen molar-refractivity contribution in [3.05, 3.63) is 30.1 Å². The molecule has 0 fully saturated rings. The van der Waals surface area contributed by atoms with Crippen molar-refractivity contribution < 1.29 is 4.79 Å². The summed E-state index contributed by atoms with van der Waals surface area (Å²) in [6, 6.07) is 6.08. The summed E-state index contributed by atoms with van der Waals surface area (Å²) < 4.78 is 0. The Kier molecular flexibility index (Phi) is 3.42. The van der Waals surface area contributed by atoms with E-state index in [-0.39, 0.29) is 5.69 Å². The third-order valence-electron chi connectivity index (χ3n) is 2.12. The third kappa shape index (κ3) is 2.57. The maximum absolute atomic E-state index is 11.0. The summed E-state index contributed by atoms with van der Waals surface area (Å²) in [5.41, 5.74) is 12.1. The number of carbonyl (C=O) groups is 1. The van der Waals surface area contributed by atoms with Gasteiger partial charge in [0.2, 0.25) is 0 Å². The van der Waals surface area contributed by atoms with Crippen molar-refractivity contribution in [1.29, 1.82) is 0 Å². The highest BCUT2D eigenvalue weighted by molar-refractivity contribution is 7.98. The zero-order chi connectivity index (χ0) is 13.1. The van der Waals surface area contributed by atoms with Gasteiger partial charge in [-0.3, -0.25) is 9.78 Å². The largest absolute Gasteiger partial charge is 0.384 e. The standard InChI is InChI=1S/C11H10N5OS/c1-18-11-15-7(5-9(12)16-11)6-2-3-14-8(4-6)10(13)17/h2-3,5H,1H3,(H2,13,17)(H2,12,15,16). The van der Waals surface area contributed by atoms with Crippen LogP contribution < -0.4 is 11.5 Å². The molecule has 4 N–H and O–H groups in total. The summed E-state index contributed by atoms with van der Waals surface area (Å²) in [6.07, 6.45) is 3.33. The van der Waals surface area contributed by atoms with Crippen LogP contribution in [0.2, 0.25) is 0 Å². The molecule has 0 atom stereocenters. The fourth-order valence-electron chi connectivity index (χ4n) is 1.33. The lowest BCUT2D eigenvalue weighted by molar-refractivity contribution is 0.0995. The molecule has 0 aliphatic carbocycles. The van der Waals surface area contributed by atoms with Crippen LogP contribution in [0.25, 0.3) is 11.3 Å². The lowest BCUT2D eigenvalue weighted by Crippen LogP contribution is -2.13. The van der Waals surface area contributed by atoms with Crippen LogP contribution in [0.4, 0.5) is 5.82 Å². The third-order valence-corrected chi connectivity index (χ3v) is 2.66. The van der Waals surface area contributed by atoms with Gasteiger partial charge in [-0.25, -0.2) is 9.97 Å². The first-order chi connectivity index (χ1) is 8.60. The second-order valence-corrected chi connectivity index (χ2v) is 4.13. The first-order valence-electron chi connectivity index (χ1n) is 4.97. The molecule has 2 aromatic heterocycles. The van der Waals surface area contributed by atoms with Crippen molar-refractivity contribution >= 4 is 23.5 Å². The Morgan fingerprint density at radius 2 is 2.22 bits per heavy atom. The minimum atomic E-state index is -0.635. The van der Waals surface area contributed by atoms with E-state index >= 15 is 0 Å². The summed E-state index contributed by atoms with van der Waals surface area (Å²) in [5.74, 6) is -0.279. The second-order valence-electron chi connectivity index (χ2n) is 3.36. The fraction of sp³-hybridized carbons (Fsp3) is 0.0909. The number of rotatable bonds is 3. The summed E-state index contributed by atoms with van der Waals surface area (Å²) in [6.45, 7) is 0. The Morgan fingerprint density at radius 1 is 1.44 bits per heavy atom. The van der Waals surface area contributed by atoms with Gasteiger partial charge < -0.3 is 11.5 Å². The minimum Gasteiger partial charge on any atom is -0.384 e. The number of nitrogen functional groups attached to an aromatic ring is 1. The Bertz CT molecular complexity index is 602. The van der Waals surface area contributed by atoms with Gasteiger partial charge in [0.05, 0.1) is 5.69 Å². The summed E-state index contributed by atoms with van der Waals surface area (Å²) >= 11 is 1.38. The van der Waals surface area contributed by atoms with Crippen LogP contribution >= 0.6 is 11.8 Å². The van der Waals surface area contributed by atoms with Gasteiger partial charge in [-0.05, 0) is 12.3 Å². The highest BCUT2D eigenvalue weighted by Gasteiger charge is 2.08. The molecule has 0 aliphatic heterocycles. The molecule has 6 nitrogen and oxygen atoms in total. The number of amides is 1. The lowest BCUT2D eigenvalue weighted by Gasteiger charge is -2.04. The van der Waals surface area contributed by atoms with Crippen molar-refractivity contribution in [3.8, 4) is 11.3 Å². The predicted octanol–water partition coefficient (Wildman–Crippen LogP) is 0.742. The van der Waals surface area contributed by atoms with Crippen molar-refractivity contribution in [2.24, 2.45) is 5.73 Å². The maximum atomic E-state index is 11.0. The first kappa shape index (κ1) is 12.3. The van der Waals surface area contributed by atoms with Crippen LogP contribution in [0.1, 0.15) is 10.5 Å². The van der Waals surface area contributed by atoms with E-state index in [4.69, 9.17) is 11.5 Å². The number of primary amides is 1. The number of aromatic nitrogens is 3. The molecule has 0 saturated heterocycles. The maximum Gasteiger partial charge on any atom is 0.267 e. The molecule has 0 spiro atoms. The molecule has 0 unspecified atom stereocenters. The van der Waals surface area contributed by atoms with E-state index in [0.717, 1.165) is 0 Å². The molecule has 1 amide bonds. The number of nitrogens with two attached hydrogens (primary N) is 2. The quantitative estimate of drug-likeness (QED) is 0.622. The Hall–Kier alpha value is -2.15. The highest BCUT2D eigenvalue weighted by atomic mass is 32.2.